The van der Waals surface area contributed by atoms with Crippen molar-refractivity contribution >= 4 is 21.8 Å². The Balaban J connectivity index is 1.74. The van der Waals surface area contributed by atoms with E-state index in [9.17, 15) is 4.79 Å². The van der Waals surface area contributed by atoms with Crippen LogP contribution in [-0.4, -0.2) is 23.9 Å². The molecule has 1 aromatic rings. The van der Waals surface area contributed by atoms with Crippen LogP contribution in [0, 0.1) is 18.8 Å². The van der Waals surface area contributed by atoms with Gasteiger partial charge in [0.25, 0.3) is 5.91 Å². The van der Waals surface area contributed by atoms with Gasteiger partial charge < -0.3 is 4.90 Å². The second-order valence-corrected chi connectivity index (χ2v) is 6.92. The molecular formula is C16H20BrNO. The molecule has 1 aromatic carbocycles. The van der Waals surface area contributed by atoms with E-state index >= 15 is 0 Å². The molecule has 2 aliphatic rings. The van der Waals surface area contributed by atoms with Crippen molar-refractivity contribution in [3.05, 3.63) is 33.8 Å². The maximum absolute atomic E-state index is 12.6. The van der Waals surface area contributed by atoms with Crippen molar-refractivity contribution in [2.24, 2.45) is 11.8 Å². The maximum Gasteiger partial charge on any atom is 0.253 e. The maximum atomic E-state index is 12.6. The number of carbonyl (C=O) groups is 1. The topological polar surface area (TPSA) is 20.3 Å². The molecule has 0 heterocycles. The summed E-state index contributed by atoms with van der Waals surface area (Å²) in [6.07, 6.45) is 5.19. The van der Waals surface area contributed by atoms with Gasteiger partial charge in [-0.2, -0.15) is 0 Å². The lowest BCUT2D eigenvalue weighted by atomic mass is 10.1. The number of halogens is 1. The number of rotatable bonds is 5. The van der Waals surface area contributed by atoms with Crippen molar-refractivity contribution in [2.45, 2.75) is 32.6 Å². The molecule has 0 spiro atoms. The van der Waals surface area contributed by atoms with Crippen molar-refractivity contribution in [3.63, 3.8) is 0 Å². The van der Waals surface area contributed by atoms with Crippen LogP contribution in [0.2, 0.25) is 0 Å². The molecule has 0 saturated heterocycles. The molecule has 0 unspecified atom stereocenters. The Morgan fingerprint density at radius 3 is 2.26 bits per heavy atom. The minimum atomic E-state index is 0.208. The summed E-state index contributed by atoms with van der Waals surface area (Å²) in [5.41, 5.74) is 1.99. The summed E-state index contributed by atoms with van der Waals surface area (Å²) in [6.45, 7) is 3.96. The molecule has 2 aliphatic carbocycles. The Labute approximate surface area is 123 Å². The number of hydrogen-bond donors (Lipinski definition) is 0. The van der Waals surface area contributed by atoms with E-state index in [4.69, 9.17) is 0 Å². The smallest absolute Gasteiger partial charge is 0.253 e. The average molecular weight is 322 g/mol. The van der Waals surface area contributed by atoms with Crippen LogP contribution in [0.3, 0.4) is 0 Å². The molecule has 19 heavy (non-hydrogen) atoms. The Kier molecular flexibility index (Phi) is 3.66. The Morgan fingerprint density at radius 2 is 1.79 bits per heavy atom. The highest BCUT2D eigenvalue weighted by atomic mass is 79.9. The first-order valence-corrected chi connectivity index (χ1v) is 7.98. The first-order chi connectivity index (χ1) is 9.13. The number of aryl methyl sites for hydroxylation is 1. The van der Waals surface area contributed by atoms with Crippen LogP contribution >= 0.6 is 15.9 Å². The van der Waals surface area contributed by atoms with Crippen LogP contribution in [0.1, 0.15) is 41.6 Å². The van der Waals surface area contributed by atoms with Gasteiger partial charge in [-0.3, -0.25) is 4.79 Å². The number of benzene rings is 1. The highest BCUT2D eigenvalue weighted by molar-refractivity contribution is 9.10. The van der Waals surface area contributed by atoms with Crippen LogP contribution < -0.4 is 0 Å². The number of hydrogen-bond acceptors (Lipinski definition) is 1. The SMILES string of the molecule is Cc1ccc(C(=O)N(CC2CC2)CC2CC2)cc1Br. The lowest BCUT2D eigenvalue weighted by Crippen LogP contribution is -2.34. The van der Waals surface area contributed by atoms with Crippen LogP contribution in [0.4, 0.5) is 0 Å². The predicted octanol–water partition coefficient (Wildman–Crippen LogP) is 4.02. The van der Waals surface area contributed by atoms with Gasteiger partial charge in [0, 0.05) is 23.1 Å². The highest BCUT2D eigenvalue weighted by Gasteiger charge is 2.31. The lowest BCUT2D eigenvalue weighted by molar-refractivity contribution is 0.0739. The monoisotopic (exact) mass is 321 g/mol. The van der Waals surface area contributed by atoms with E-state index in [1.54, 1.807) is 0 Å². The molecule has 2 saturated carbocycles. The van der Waals surface area contributed by atoms with Gasteiger partial charge in [-0.25, -0.2) is 0 Å². The first-order valence-electron chi connectivity index (χ1n) is 7.19. The fraction of sp³-hybridized carbons (Fsp3) is 0.562. The van der Waals surface area contributed by atoms with Gasteiger partial charge in [-0.05, 0) is 62.1 Å². The lowest BCUT2D eigenvalue weighted by Gasteiger charge is -2.23. The highest BCUT2D eigenvalue weighted by Crippen LogP contribution is 2.34. The van der Waals surface area contributed by atoms with E-state index in [-0.39, 0.29) is 5.91 Å². The minimum absolute atomic E-state index is 0.208. The van der Waals surface area contributed by atoms with Gasteiger partial charge in [0.1, 0.15) is 0 Å². The van der Waals surface area contributed by atoms with Gasteiger partial charge in [0.2, 0.25) is 0 Å². The number of amides is 1. The molecule has 0 N–H and O–H groups in total. The quantitative estimate of drug-likeness (QED) is 0.802. The number of carbonyl (C=O) groups excluding carboxylic acids is 1. The fourth-order valence-corrected chi connectivity index (χ4v) is 2.75. The third-order valence-corrected chi connectivity index (χ3v) is 4.91. The standard InChI is InChI=1S/C16H20BrNO/c1-11-2-7-14(8-15(11)17)16(19)18(9-12-3-4-12)10-13-5-6-13/h2,7-8,12-13H,3-6,9-10H2,1H3. The molecule has 3 rings (SSSR count). The second-order valence-electron chi connectivity index (χ2n) is 6.06. The van der Waals surface area contributed by atoms with Gasteiger partial charge >= 0.3 is 0 Å². The van der Waals surface area contributed by atoms with E-state index in [0.717, 1.165) is 35.0 Å². The zero-order valence-electron chi connectivity index (χ0n) is 11.4. The molecule has 2 fully saturated rings. The molecule has 0 aromatic heterocycles. The summed E-state index contributed by atoms with van der Waals surface area (Å²) in [6, 6.07) is 5.93. The van der Waals surface area contributed by atoms with E-state index in [0.29, 0.717) is 0 Å². The summed E-state index contributed by atoms with van der Waals surface area (Å²) in [7, 11) is 0. The predicted molar refractivity (Wildman–Crippen MR) is 80.2 cm³/mol. The summed E-state index contributed by atoms with van der Waals surface area (Å²) >= 11 is 3.52. The van der Waals surface area contributed by atoms with Gasteiger partial charge in [-0.15, -0.1) is 0 Å². The molecule has 3 heteroatoms. The van der Waals surface area contributed by atoms with Crippen molar-refractivity contribution in [1.29, 1.82) is 0 Å². The van der Waals surface area contributed by atoms with Gasteiger partial charge in [-0.1, -0.05) is 22.0 Å². The number of nitrogens with zero attached hydrogens (tertiary/aromatic N) is 1. The molecule has 0 bridgehead atoms. The van der Waals surface area contributed by atoms with Gasteiger partial charge in [0.05, 0.1) is 0 Å². The van der Waals surface area contributed by atoms with Crippen molar-refractivity contribution < 1.29 is 4.79 Å². The largest absolute Gasteiger partial charge is 0.338 e. The average Bonchev–Trinajstić information content (AvgIpc) is 3.26. The van der Waals surface area contributed by atoms with Gasteiger partial charge in [0.15, 0.2) is 0 Å². The summed E-state index contributed by atoms with van der Waals surface area (Å²) in [5.74, 6) is 1.73. The minimum Gasteiger partial charge on any atom is -0.338 e. The normalized spacial score (nSPS) is 18.4. The molecule has 102 valence electrons. The fourth-order valence-electron chi connectivity index (χ4n) is 2.37. The van der Waals surface area contributed by atoms with Crippen molar-refractivity contribution in [1.82, 2.24) is 4.90 Å². The third-order valence-electron chi connectivity index (χ3n) is 4.06. The summed E-state index contributed by atoms with van der Waals surface area (Å²) in [5, 5.41) is 0. The Bertz CT molecular complexity index is 478. The van der Waals surface area contributed by atoms with E-state index in [2.05, 4.69) is 20.8 Å². The molecule has 1 amide bonds. The van der Waals surface area contributed by atoms with Crippen molar-refractivity contribution in [3.8, 4) is 0 Å². The van der Waals surface area contributed by atoms with Crippen LogP contribution in [0.25, 0.3) is 0 Å². The summed E-state index contributed by atoms with van der Waals surface area (Å²) < 4.78 is 1.02. The Morgan fingerprint density at radius 1 is 1.21 bits per heavy atom. The Hall–Kier alpha value is -0.830. The molecular weight excluding hydrogens is 302 g/mol. The van der Waals surface area contributed by atoms with E-state index in [1.807, 2.05) is 25.1 Å². The van der Waals surface area contributed by atoms with Crippen LogP contribution in [0.15, 0.2) is 22.7 Å². The van der Waals surface area contributed by atoms with Crippen molar-refractivity contribution in [2.75, 3.05) is 13.1 Å². The van der Waals surface area contributed by atoms with E-state index in [1.165, 1.54) is 31.2 Å². The van der Waals surface area contributed by atoms with Crippen LogP contribution in [0.5, 0.6) is 0 Å². The zero-order valence-corrected chi connectivity index (χ0v) is 12.9. The zero-order chi connectivity index (χ0) is 13.4. The first kappa shape index (κ1) is 13.2. The molecule has 0 atom stereocenters. The molecule has 2 nitrogen and oxygen atoms in total. The van der Waals surface area contributed by atoms with Crippen LogP contribution in [-0.2, 0) is 0 Å². The third kappa shape index (κ3) is 3.38. The second kappa shape index (κ2) is 5.28. The summed E-state index contributed by atoms with van der Waals surface area (Å²) in [4.78, 5) is 14.7. The van der Waals surface area contributed by atoms with E-state index < -0.39 is 0 Å². The molecule has 0 radical (unpaired) electrons. The molecule has 0 aliphatic heterocycles.